The Bertz CT molecular complexity index is 377. The predicted molar refractivity (Wildman–Crippen MR) is 64.1 cm³/mol. The Labute approximate surface area is 102 Å². The number of carbonyl (C=O) groups excluding carboxylic acids is 1. The first-order valence-electron chi connectivity index (χ1n) is 5.15. The monoisotopic (exact) mass is 284 g/mol. The lowest BCUT2D eigenvalue weighted by molar-refractivity contribution is 0.220. The van der Waals surface area contributed by atoms with E-state index in [9.17, 15) is 4.79 Å². The van der Waals surface area contributed by atoms with Gasteiger partial charge in [-0.3, -0.25) is 5.32 Å². The van der Waals surface area contributed by atoms with Crippen LogP contribution in [0.4, 0.5) is 10.6 Å². The Morgan fingerprint density at radius 3 is 2.88 bits per heavy atom. The highest BCUT2D eigenvalue weighted by atomic mass is 79.9. The number of nitrogens with one attached hydrogen (secondary N) is 1. The van der Waals surface area contributed by atoms with Crippen LogP contribution in [0.5, 0.6) is 0 Å². The summed E-state index contributed by atoms with van der Waals surface area (Å²) >= 11 is 3.18. The molecule has 1 aliphatic rings. The lowest BCUT2D eigenvalue weighted by Gasteiger charge is -2.16. The molecule has 2 rings (SSSR count). The number of nitrogens with zero attached hydrogens (tertiary/aromatic N) is 3. The van der Waals surface area contributed by atoms with Crippen LogP contribution in [-0.4, -0.2) is 34.5 Å². The second kappa shape index (κ2) is 4.78. The fraction of sp³-hybridized carbons (Fsp3) is 0.500. The molecule has 6 heteroatoms. The van der Waals surface area contributed by atoms with Crippen LogP contribution in [0.1, 0.15) is 12.8 Å². The molecule has 1 fully saturated rings. The molecule has 1 aliphatic carbocycles. The number of hydrogen-bond acceptors (Lipinski definition) is 3. The number of halogens is 1. The van der Waals surface area contributed by atoms with Crippen LogP contribution in [0.25, 0.3) is 0 Å². The Balaban J connectivity index is 1.87. The number of amides is 2. The van der Waals surface area contributed by atoms with Gasteiger partial charge in [-0.05, 0) is 34.7 Å². The highest BCUT2D eigenvalue weighted by molar-refractivity contribution is 9.10. The van der Waals surface area contributed by atoms with Gasteiger partial charge < -0.3 is 4.90 Å². The van der Waals surface area contributed by atoms with Crippen LogP contribution in [0.2, 0.25) is 0 Å². The van der Waals surface area contributed by atoms with Gasteiger partial charge in [0.25, 0.3) is 0 Å². The van der Waals surface area contributed by atoms with Crippen LogP contribution in [0.3, 0.4) is 0 Å². The van der Waals surface area contributed by atoms with Crippen molar-refractivity contribution in [2.45, 2.75) is 12.8 Å². The first-order valence-corrected chi connectivity index (χ1v) is 5.94. The average Bonchev–Trinajstić information content (AvgIpc) is 3.05. The average molecular weight is 285 g/mol. The maximum atomic E-state index is 11.7. The van der Waals surface area contributed by atoms with E-state index in [0.29, 0.717) is 16.3 Å². The summed E-state index contributed by atoms with van der Waals surface area (Å²) in [7, 11) is 1.79. The zero-order chi connectivity index (χ0) is 11.5. The predicted octanol–water partition coefficient (Wildman–Crippen LogP) is 2.11. The van der Waals surface area contributed by atoms with Crippen molar-refractivity contribution < 1.29 is 4.79 Å². The fourth-order valence-corrected chi connectivity index (χ4v) is 1.56. The molecule has 1 aromatic rings. The van der Waals surface area contributed by atoms with Crippen molar-refractivity contribution >= 4 is 27.8 Å². The minimum Gasteiger partial charge on any atom is -0.327 e. The van der Waals surface area contributed by atoms with Crippen molar-refractivity contribution in [3.05, 3.63) is 17.0 Å². The molecule has 16 heavy (non-hydrogen) atoms. The van der Waals surface area contributed by atoms with Crippen LogP contribution < -0.4 is 5.32 Å². The van der Waals surface area contributed by atoms with Gasteiger partial charge in [-0.1, -0.05) is 0 Å². The minimum absolute atomic E-state index is 0.136. The van der Waals surface area contributed by atoms with Crippen LogP contribution in [-0.2, 0) is 0 Å². The van der Waals surface area contributed by atoms with Gasteiger partial charge in [0.15, 0.2) is 5.82 Å². The molecule has 0 spiro atoms. The molecule has 0 aromatic carbocycles. The Hall–Kier alpha value is -1.17. The van der Waals surface area contributed by atoms with E-state index in [1.807, 2.05) is 0 Å². The minimum atomic E-state index is -0.136. The first kappa shape index (κ1) is 11.3. The number of carbonyl (C=O) groups is 1. The third kappa shape index (κ3) is 3.16. The van der Waals surface area contributed by atoms with Crippen molar-refractivity contribution in [3.63, 3.8) is 0 Å². The van der Waals surface area contributed by atoms with Crippen LogP contribution in [0.15, 0.2) is 17.0 Å². The zero-order valence-electron chi connectivity index (χ0n) is 8.98. The summed E-state index contributed by atoms with van der Waals surface area (Å²) in [6.07, 6.45) is 5.54. The summed E-state index contributed by atoms with van der Waals surface area (Å²) in [5.41, 5.74) is 0. The quantitative estimate of drug-likeness (QED) is 0.925. The summed E-state index contributed by atoms with van der Waals surface area (Å²) in [5, 5.41) is 2.69. The number of hydrogen-bond donors (Lipinski definition) is 1. The molecule has 0 unspecified atom stereocenters. The van der Waals surface area contributed by atoms with Crippen molar-refractivity contribution in [3.8, 4) is 0 Å². The zero-order valence-corrected chi connectivity index (χ0v) is 10.6. The fourth-order valence-electron chi connectivity index (χ4n) is 1.35. The second-order valence-corrected chi connectivity index (χ2v) is 4.79. The summed E-state index contributed by atoms with van der Waals surface area (Å²) in [5.74, 6) is 1.16. The summed E-state index contributed by atoms with van der Waals surface area (Å²) in [6, 6.07) is -0.136. The van der Waals surface area contributed by atoms with Gasteiger partial charge in [0, 0.05) is 13.6 Å². The molecule has 0 atom stereocenters. The van der Waals surface area contributed by atoms with E-state index >= 15 is 0 Å². The lowest BCUT2D eigenvalue weighted by Crippen LogP contribution is -2.33. The third-order valence-electron chi connectivity index (χ3n) is 2.43. The Morgan fingerprint density at radius 1 is 1.56 bits per heavy atom. The van der Waals surface area contributed by atoms with E-state index in [4.69, 9.17) is 0 Å². The number of urea groups is 1. The molecule has 0 bridgehead atoms. The molecule has 0 radical (unpaired) electrons. The van der Waals surface area contributed by atoms with Gasteiger partial charge >= 0.3 is 6.03 Å². The molecule has 0 aliphatic heterocycles. The Morgan fingerprint density at radius 2 is 2.31 bits per heavy atom. The number of anilines is 1. The highest BCUT2D eigenvalue weighted by Gasteiger charge is 2.24. The molecule has 5 nitrogen and oxygen atoms in total. The first-order chi connectivity index (χ1) is 7.65. The van der Waals surface area contributed by atoms with Gasteiger partial charge in [-0.25, -0.2) is 14.8 Å². The molecule has 1 aromatic heterocycles. The van der Waals surface area contributed by atoms with Crippen LogP contribution >= 0.6 is 15.9 Å². The second-order valence-electron chi connectivity index (χ2n) is 3.98. The molecular formula is C10H13BrN4O. The van der Waals surface area contributed by atoms with Gasteiger partial charge in [0.1, 0.15) is 4.60 Å². The van der Waals surface area contributed by atoms with Crippen molar-refractivity contribution in [2.24, 2.45) is 5.92 Å². The summed E-state index contributed by atoms with van der Waals surface area (Å²) < 4.78 is 0.650. The maximum absolute atomic E-state index is 11.7. The molecule has 86 valence electrons. The lowest BCUT2D eigenvalue weighted by atomic mass is 10.4. The van der Waals surface area contributed by atoms with Gasteiger partial charge in [-0.15, -0.1) is 0 Å². The number of rotatable bonds is 3. The van der Waals surface area contributed by atoms with E-state index in [1.165, 1.54) is 19.0 Å². The van der Waals surface area contributed by atoms with E-state index < -0.39 is 0 Å². The summed E-state index contributed by atoms with van der Waals surface area (Å²) in [4.78, 5) is 21.4. The van der Waals surface area contributed by atoms with Crippen LogP contribution in [0, 0.1) is 5.92 Å². The van der Waals surface area contributed by atoms with Gasteiger partial charge in [0.05, 0.1) is 12.4 Å². The van der Waals surface area contributed by atoms with E-state index in [-0.39, 0.29) is 6.03 Å². The molecular weight excluding hydrogens is 272 g/mol. The molecule has 1 saturated carbocycles. The normalized spacial score (nSPS) is 14.6. The highest BCUT2D eigenvalue weighted by Crippen LogP contribution is 2.29. The van der Waals surface area contributed by atoms with Crippen molar-refractivity contribution in [2.75, 3.05) is 18.9 Å². The third-order valence-corrected chi connectivity index (χ3v) is 2.84. The maximum Gasteiger partial charge on any atom is 0.322 e. The van der Waals surface area contributed by atoms with Gasteiger partial charge in [0.2, 0.25) is 0 Å². The summed E-state index contributed by atoms with van der Waals surface area (Å²) in [6.45, 7) is 0.815. The Kier molecular flexibility index (Phi) is 3.38. The van der Waals surface area contributed by atoms with E-state index in [0.717, 1.165) is 6.54 Å². The van der Waals surface area contributed by atoms with E-state index in [1.54, 1.807) is 18.1 Å². The molecule has 1 N–H and O–H groups in total. The number of aromatic nitrogens is 2. The SMILES string of the molecule is CN(CC1CC1)C(=O)Nc1cnc(Br)cn1. The van der Waals surface area contributed by atoms with E-state index in [2.05, 4.69) is 31.2 Å². The standard InChI is InChI=1S/C10H13BrN4O/c1-15(6-7-2-3-7)10(16)14-9-5-12-8(11)4-13-9/h4-5,7H,2-3,6H2,1H3,(H,13,14,16). The molecule has 1 heterocycles. The van der Waals surface area contributed by atoms with Gasteiger partial charge in [-0.2, -0.15) is 0 Å². The molecule has 0 saturated heterocycles. The largest absolute Gasteiger partial charge is 0.327 e. The smallest absolute Gasteiger partial charge is 0.322 e. The topological polar surface area (TPSA) is 58.1 Å². The van der Waals surface area contributed by atoms with Crippen molar-refractivity contribution in [1.82, 2.24) is 14.9 Å². The molecule has 2 amide bonds. The van der Waals surface area contributed by atoms with Crippen molar-refractivity contribution in [1.29, 1.82) is 0 Å².